The van der Waals surface area contributed by atoms with E-state index >= 15 is 0 Å². The fourth-order valence-electron chi connectivity index (χ4n) is 0.724. The van der Waals surface area contributed by atoms with Crippen molar-refractivity contribution in [2.45, 2.75) is 12.4 Å². The summed E-state index contributed by atoms with van der Waals surface area (Å²) in [5.41, 5.74) is -0.634. The number of halogens is 1. The fraction of sp³-hybridized carbons (Fsp3) is 0.600. The number of hydrogen-bond donors (Lipinski definition) is 0. The molecule has 4 nitrogen and oxygen atoms in total. The molecule has 56 valence electrons. The Morgan fingerprint density at radius 2 is 2.50 bits per heavy atom. The zero-order valence-electron chi connectivity index (χ0n) is 5.33. The zero-order valence-corrected chi connectivity index (χ0v) is 6.09. The number of nitrogens with zero attached hydrogens (tertiary/aromatic N) is 1. The molecule has 0 aromatic heterocycles. The van der Waals surface area contributed by atoms with Crippen LogP contribution in [-0.4, -0.2) is 29.0 Å². The summed E-state index contributed by atoms with van der Waals surface area (Å²) in [5, 5.41) is 0. The summed E-state index contributed by atoms with van der Waals surface area (Å²) in [6, 6.07) is 0. The van der Waals surface area contributed by atoms with Crippen LogP contribution in [0.5, 0.6) is 0 Å². The van der Waals surface area contributed by atoms with Gasteiger partial charge in [-0.05, 0) is 0 Å². The molecule has 1 heterocycles. The molecule has 10 heavy (non-hydrogen) atoms. The van der Waals surface area contributed by atoms with Gasteiger partial charge >= 0.3 is 6.09 Å². The molecule has 0 N–H and O–H groups in total. The van der Waals surface area contributed by atoms with Crippen LogP contribution in [0.15, 0.2) is 0 Å². The van der Waals surface area contributed by atoms with Gasteiger partial charge in [0.05, 0.1) is 0 Å². The van der Waals surface area contributed by atoms with Gasteiger partial charge in [0.1, 0.15) is 6.61 Å². The first-order chi connectivity index (χ1) is 4.63. The third-order valence-electron chi connectivity index (χ3n) is 1.16. The summed E-state index contributed by atoms with van der Waals surface area (Å²) in [6.45, 7) is 1.35. The van der Waals surface area contributed by atoms with Crippen LogP contribution in [0.2, 0.25) is 0 Å². The SMILES string of the molecule is CC(=O)N1C(=O)OCC1Cl. The number of rotatable bonds is 0. The second kappa shape index (κ2) is 2.46. The molecule has 1 aliphatic rings. The van der Waals surface area contributed by atoms with Crippen LogP contribution in [0.25, 0.3) is 0 Å². The van der Waals surface area contributed by atoms with Crippen LogP contribution in [0.3, 0.4) is 0 Å². The Bertz CT molecular complexity index is 182. The Morgan fingerprint density at radius 1 is 1.90 bits per heavy atom. The molecule has 0 spiro atoms. The van der Waals surface area contributed by atoms with Crippen LogP contribution in [0, 0.1) is 0 Å². The van der Waals surface area contributed by atoms with Crippen molar-refractivity contribution in [1.29, 1.82) is 0 Å². The maximum Gasteiger partial charge on any atom is 0.418 e. The highest BCUT2D eigenvalue weighted by Gasteiger charge is 2.34. The lowest BCUT2D eigenvalue weighted by atomic mass is 10.5. The molecule has 0 radical (unpaired) electrons. The van der Waals surface area contributed by atoms with Crippen molar-refractivity contribution < 1.29 is 14.3 Å². The van der Waals surface area contributed by atoms with E-state index in [-0.39, 0.29) is 12.5 Å². The summed E-state index contributed by atoms with van der Waals surface area (Å²) in [5.74, 6) is -0.387. The molecule has 2 amide bonds. The molecule has 5 heteroatoms. The molecule has 1 rings (SSSR count). The molecular weight excluding hydrogens is 158 g/mol. The van der Waals surface area contributed by atoms with Gasteiger partial charge in [-0.25, -0.2) is 9.69 Å². The van der Waals surface area contributed by atoms with Crippen molar-refractivity contribution >= 4 is 23.6 Å². The zero-order chi connectivity index (χ0) is 7.72. The van der Waals surface area contributed by atoms with Gasteiger partial charge in [0.15, 0.2) is 5.50 Å². The van der Waals surface area contributed by atoms with Gasteiger partial charge in [-0.15, -0.1) is 0 Å². The maximum absolute atomic E-state index is 10.6. The smallest absolute Gasteiger partial charge is 0.418 e. The van der Waals surface area contributed by atoms with Crippen LogP contribution in [0.4, 0.5) is 4.79 Å². The minimum absolute atomic E-state index is 0.0833. The first-order valence-electron chi connectivity index (χ1n) is 2.73. The molecule has 0 aromatic carbocycles. The molecule has 0 aromatic rings. The predicted molar refractivity (Wildman–Crippen MR) is 33.5 cm³/mol. The van der Waals surface area contributed by atoms with E-state index in [0.717, 1.165) is 4.90 Å². The average molecular weight is 164 g/mol. The van der Waals surface area contributed by atoms with Crippen molar-refractivity contribution in [2.24, 2.45) is 0 Å². The molecule has 0 bridgehead atoms. The molecular formula is C5H6ClNO3. The minimum Gasteiger partial charge on any atom is -0.446 e. The maximum atomic E-state index is 10.6. The first kappa shape index (κ1) is 7.34. The van der Waals surface area contributed by atoms with E-state index in [0.29, 0.717) is 0 Å². The Hall–Kier alpha value is -0.770. The van der Waals surface area contributed by atoms with E-state index in [1.807, 2.05) is 0 Å². The fourth-order valence-corrected chi connectivity index (χ4v) is 1.00. The monoisotopic (exact) mass is 163 g/mol. The molecule has 1 saturated heterocycles. The van der Waals surface area contributed by atoms with E-state index in [2.05, 4.69) is 4.74 Å². The van der Waals surface area contributed by atoms with Gasteiger partial charge in [-0.3, -0.25) is 4.79 Å². The summed E-state index contributed by atoms with van der Waals surface area (Å²) < 4.78 is 4.47. The van der Waals surface area contributed by atoms with E-state index < -0.39 is 11.6 Å². The Morgan fingerprint density at radius 3 is 2.70 bits per heavy atom. The molecule has 0 saturated carbocycles. The van der Waals surface area contributed by atoms with E-state index in [1.165, 1.54) is 6.92 Å². The molecule has 1 aliphatic heterocycles. The highest BCUT2D eigenvalue weighted by Crippen LogP contribution is 2.14. The highest BCUT2D eigenvalue weighted by atomic mass is 35.5. The number of amides is 2. The second-order valence-electron chi connectivity index (χ2n) is 1.90. The highest BCUT2D eigenvalue weighted by molar-refractivity contribution is 6.23. The Balaban J connectivity index is 2.72. The first-order valence-corrected chi connectivity index (χ1v) is 3.17. The van der Waals surface area contributed by atoms with Gasteiger partial charge < -0.3 is 4.74 Å². The lowest BCUT2D eigenvalue weighted by molar-refractivity contribution is -0.125. The second-order valence-corrected chi connectivity index (χ2v) is 2.40. The third-order valence-corrected chi connectivity index (χ3v) is 1.48. The van der Waals surface area contributed by atoms with E-state index in [1.54, 1.807) is 0 Å². The number of alkyl halides is 1. The van der Waals surface area contributed by atoms with Crippen LogP contribution in [0.1, 0.15) is 6.92 Å². The lowest BCUT2D eigenvalue weighted by Gasteiger charge is -2.09. The van der Waals surface area contributed by atoms with Gasteiger partial charge in [0.25, 0.3) is 0 Å². The molecule has 1 unspecified atom stereocenters. The largest absolute Gasteiger partial charge is 0.446 e. The summed E-state index contributed by atoms with van der Waals surface area (Å²) >= 11 is 5.53. The normalized spacial score (nSPS) is 24.8. The van der Waals surface area contributed by atoms with Crippen molar-refractivity contribution in [3.05, 3.63) is 0 Å². The van der Waals surface area contributed by atoms with Crippen LogP contribution >= 0.6 is 11.6 Å². The van der Waals surface area contributed by atoms with Gasteiger partial charge in [-0.2, -0.15) is 0 Å². The topological polar surface area (TPSA) is 46.6 Å². The standard InChI is InChI=1S/C5H6ClNO3/c1-3(8)7-4(6)2-10-5(7)9/h4H,2H2,1H3. The summed E-state index contributed by atoms with van der Waals surface area (Å²) in [7, 11) is 0. The number of imide groups is 1. The Kier molecular flexibility index (Phi) is 1.80. The van der Waals surface area contributed by atoms with E-state index in [9.17, 15) is 9.59 Å². The Labute approximate surface area is 62.7 Å². The van der Waals surface area contributed by atoms with Gasteiger partial charge in [0.2, 0.25) is 5.91 Å². The number of cyclic esters (lactones) is 1. The number of hydrogen-bond acceptors (Lipinski definition) is 3. The van der Waals surface area contributed by atoms with Gasteiger partial charge in [-0.1, -0.05) is 11.6 Å². The number of carbonyl (C=O) groups excluding carboxylic acids is 2. The third kappa shape index (κ3) is 1.07. The molecule has 0 aliphatic carbocycles. The number of ether oxygens (including phenoxy) is 1. The molecule has 1 atom stereocenters. The number of carbonyl (C=O) groups is 2. The average Bonchev–Trinajstić information content (AvgIpc) is 2.11. The van der Waals surface area contributed by atoms with Crippen molar-refractivity contribution in [2.75, 3.05) is 6.61 Å². The quantitative estimate of drug-likeness (QED) is 0.387. The van der Waals surface area contributed by atoms with E-state index in [4.69, 9.17) is 11.6 Å². The van der Waals surface area contributed by atoms with Crippen LogP contribution in [-0.2, 0) is 9.53 Å². The molecule has 1 fully saturated rings. The predicted octanol–water partition coefficient (Wildman–Crippen LogP) is 0.550. The van der Waals surface area contributed by atoms with Crippen LogP contribution < -0.4 is 0 Å². The minimum atomic E-state index is -0.660. The van der Waals surface area contributed by atoms with Crippen molar-refractivity contribution in [3.63, 3.8) is 0 Å². The lowest BCUT2D eigenvalue weighted by Crippen LogP contribution is -2.33. The summed E-state index contributed by atoms with van der Waals surface area (Å²) in [4.78, 5) is 22.1. The van der Waals surface area contributed by atoms with Crippen molar-refractivity contribution in [3.8, 4) is 0 Å². The van der Waals surface area contributed by atoms with Crippen molar-refractivity contribution in [1.82, 2.24) is 4.90 Å². The summed E-state index contributed by atoms with van der Waals surface area (Å²) in [6.07, 6.45) is -0.660. The van der Waals surface area contributed by atoms with Gasteiger partial charge in [0, 0.05) is 6.92 Å².